The van der Waals surface area contributed by atoms with Crippen molar-refractivity contribution < 1.29 is 9.59 Å². The van der Waals surface area contributed by atoms with E-state index in [-0.39, 0.29) is 23.3 Å². The van der Waals surface area contributed by atoms with Gasteiger partial charge in [-0.1, -0.05) is 50.6 Å². The van der Waals surface area contributed by atoms with Crippen molar-refractivity contribution in [3.63, 3.8) is 0 Å². The second kappa shape index (κ2) is 9.84. The Morgan fingerprint density at radius 2 is 1.71 bits per heavy atom. The lowest BCUT2D eigenvalue weighted by Crippen LogP contribution is -2.46. The fourth-order valence-corrected chi connectivity index (χ4v) is 3.94. The molecule has 2 amide bonds. The van der Waals surface area contributed by atoms with E-state index in [1.54, 1.807) is 0 Å². The van der Waals surface area contributed by atoms with Gasteiger partial charge in [0.25, 0.3) is 5.91 Å². The highest BCUT2D eigenvalue weighted by molar-refractivity contribution is 6.31. The van der Waals surface area contributed by atoms with Gasteiger partial charge >= 0.3 is 0 Å². The van der Waals surface area contributed by atoms with Gasteiger partial charge in [0.15, 0.2) is 0 Å². The number of hydrogen-bond acceptors (Lipinski definition) is 3. The first kappa shape index (κ1) is 23.3. The Balaban J connectivity index is 1.45. The van der Waals surface area contributed by atoms with E-state index in [2.05, 4.69) is 36.3 Å². The van der Waals surface area contributed by atoms with Crippen LogP contribution in [0.3, 0.4) is 0 Å². The molecule has 166 valence electrons. The van der Waals surface area contributed by atoms with Crippen molar-refractivity contribution in [2.45, 2.75) is 52.0 Å². The minimum atomic E-state index is -0.0493. The summed E-state index contributed by atoms with van der Waals surface area (Å²) in [5.74, 6) is -0.0834. The molecule has 1 aliphatic rings. The van der Waals surface area contributed by atoms with Crippen LogP contribution >= 0.6 is 11.6 Å². The average molecular weight is 442 g/mol. The third-order valence-corrected chi connectivity index (χ3v) is 6.25. The molecule has 0 spiro atoms. The molecule has 2 N–H and O–H groups in total. The molecule has 0 bridgehead atoms. The molecular weight excluding hydrogens is 410 g/mol. The number of rotatable bonds is 5. The zero-order valence-corrected chi connectivity index (χ0v) is 19.6. The second-order valence-corrected chi connectivity index (χ2v) is 9.72. The van der Waals surface area contributed by atoms with Gasteiger partial charge in [-0.15, -0.1) is 0 Å². The molecule has 0 unspecified atom stereocenters. The molecule has 0 atom stereocenters. The average Bonchev–Trinajstić information content (AvgIpc) is 2.72. The van der Waals surface area contributed by atoms with E-state index in [0.29, 0.717) is 17.1 Å². The van der Waals surface area contributed by atoms with E-state index < -0.39 is 0 Å². The van der Waals surface area contributed by atoms with Crippen LogP contribution in [0.15, 0.2) is 42.5 Å². The topological polar surface area (TPSA) is 61.4 Å². The number of anilines is 1. The predicted molar refractivity (Wildman–Crippen MR) is 127 cm³/mol. The van der Waals surface area contributed by atoms with Crippen LogP contribution in [0.5, 0.6) is 0 Å². The summed E-state index contributed by atoms with van der Waals surface area (Å²) in [4.78, 5) is 27.1. The van der Waals surface area contributed by atoms with E-state index >= 15 is 0 Å². The molecule has 6 heteroatoms. The minimum absolute atomic E-state index is 0.0342. The number of piperidine rings is 1. The summed E-state index contributed by atoms with van der Waals surface area (Å²) in [7, 11) is 0. The molecule has 1 aliphatic heterocycles. The fourth-order valence-electron chi connectivity index (χ4n) is 3.76. The Morgan fingerprint density at radius 1 is 1.06 bits per heavy atom. The van der Waals surface area contributed by atoms with Crippen LogP contribution in [0.2, 0.25) is 5.02 Å². The maximum absolute atomic E-state index is 12.6. The predicted octanol–water partition coefficient (Wildman–Crippen LogP) is 4.78. The lowest BCUT2D eigenvalue weighted by Gasteiger charge is -2.32. The van der Waals surface area contributed by atoms with Crippen LogP contribution < -0.4 is 10.6 Å². The number of hydrogen-bond donors (Lipinski definition) is 2. The summed E-state index contributed by atoms with van der Waals surface area (Å²) < 4.78 is 0. The fraction of sp³-hybridized carbons (Fsp3) is 0.440. The van der Waals surface area contributed by atoms with E-state index in [4.69, 9.17) is 11.6 Å². The van der Waals surface area contributed by atoms with Crippen molar-refractivity contribution in [1.82, 2.24) is 10.2 Å². The third kappa shape index (κ3) is 6.31. The number of amides is 2. The second-order valence-electron chi connectivity index (χ2n) is 9.31. The minimum Gasteiger partial charge on any atom is -0.349 e. The highest BCUT2D eigenvalue weighted by Gasteiger charge is 2.23. The molecule has 5 nitrogen and oxygen atoms in total. The molecule has 0 aromatic heterocycles. The van der Waals surface area contributed by atoms with Gasteiger partial charge in [0, 0.05) is 35.4 Å². The van der Waals surface area contributed by atoms with Gasteiger partial charge in [-0.3, -0.25) is 14.5 Å². The van der Waals surface area contributed by atoms with E-state index in [9.17, 15) is 9.59 Å². The number of nitrogens with one attached hydrogen (secondary N) is 2. The molecule has 0 saturated carbocycles. The van der Waals surface area contributed by atoms with Crippen LogP contribution in [0.1, 0.15) is 55.1 Å². The number of likely N-dealkylation sites (tertiary alicyclic amines) is 1. The number of carbonyl (C=O) groups excluding carboxylic acids is 2. The van der Waals surface area contributed by atoms with Crippen LogP contribution in [0.25, 0.3) is 0 Å². The molecular formula is C25H32ClN3O2. The molecule has 1 saturated heterocycles. The van der Waals surface area contributed by atoms with E-state index in [0.717, 1.165) is 37.2 Å². The maximum Gasteiger partial charge on any atom is 0.251 e. The van der Waals surface area contributed by atoms with Gasteiger partial charge in [0.2, 0.25) is 5.91 Å². The van der Waals surface area contributed by atoms with Crippen molar-refractivity contribution in [3.05, 3.63) is 64.2 Å². The van der Waals surface area contributed by atoms with Gasteiger partial charge in [-0.05, 0) is 60.6 Å². The molecule has 2 aromatic rings. The Bertz CT molecular complexity index is 927. The third-order valence-electron chi connectivity index (χ3n) is 5.84. The Hall–Kier alpha value is -2.37. The summed E-state index contributed by atoms with van der Waals surface area (Å²) in [5, 5.41) is 6.72. The first-order valence-corrected chi connectivity index (χ1v) is 11.2. The zero-order valence-electron chi connectivity index (χ0n) is 18.8. The van der Waals surface area contributed by atoms with Crippen molar-refractivity contribution in [3.8, 4) is 0 Å². The highest BCUT2D eigenvalue weighted by atomic mass is 35.5. The highest BCUT2D eigenvalue weighted by Crippen LogP contribution is 2.24. The van der Waals surface area contributed by atoms with Gasteiger partial charge < -0.3 is 10.6 Å². The standard InChI is InChI=1S/C25H32ClN3O2/c1-17-21(26)6-5-7-22(17)28-23(30)16-29-14-12-20(13-15-29)27-24(31)18-8-10-19(11-9-18)25(2,3)4/h5-11,20H,12-16H2,1-4H3,(H,27,31)(H,28,30). The molecule has 1 heterocycles. The molecule has 1 fully saturated rings. The Morgan fingerprint density at radius 3 is 2.32 bits per heavy atom. The van der Waals surface area contributed by atoms with Gasteiger partial charge in [-0.2, -0.15) is 0 Å². The largest absolute Gasteiger partial charge is 0.349 e. The monoisotopic (exact) mass is 441 g/mol. The molecule has 2 aromatic carbocycles. The first-order chi connectivity index (χ1) is 14.6. The summed E-state index contributed by atoms with van der Waals surface area (Å²) >= 11 is 6.12. The SMILES string of the molecule is Cc1c(Cl)cccc1NC(=O)CN1CCC(NC(=O)c2ccc(C(C)(C)C)cc2)CC1. The van der Waals surface area contributed by atoms with Crippen LogP contribution in [0, 0.1) is 6.92 Å². The summed E-state index contributed by atoms with van der Waals surface area (Å²) in [5.41, 5.74) is 3.58. The van der Waals surface area contributed by atoms with Crippen molar-refractivity contribution >= 4 is 29.1 Å². The van der Waals surface area contributed by atoms with Crippen LogP contribution in [-0.4, -0.2) is 42.4 Å². The molecule has 31 heavy (non-hydrogen) atoms. The molecule has 3 rings (SSSR count). The summed E-state index contributed by atoms with van der Waals surface area (Å²) in [6, 6.07) is 13.5. The van der Waals surface area contributed by atoms with Gasteiger partial charge in [0.05, 0.1) is 6.54 Å². The summed E-state index contributed by atoms with van der Waals surface area (Å²) in [6.07, 6.45) is 1.66. The first-order valence-electron chi connectivity index (χ1n) is 10.8. The molecule has 0 aliphatic carbocycles. The van der Waals surface area contributed by atoms with Crippen LogP contribution in [0.4, 0.5) is 5.69 Å². The lowest BCUT2D eigenvalue weighted by atomic mass is 9.86. The van der Waals surface area contributed by atoms with E-state index in [1.165, 1.54) is 5.56 Å². The van der Waals surface area contributed by atoms with Crippen molar-refractivity contribution in [1.29, 1.82) is 0 Å². The summed E-state index contributed by atoms with van der Waals surface area (Å²) in [6.45, 7) is 10.3. The van der Waals surface area contributed by atoms with E-state index in [1.807, 2.05) is 49.4 Å². The smallest absolute Gasteiger partial charge is 0.251 e. The van der Waals surface area contributed by atoms with Gasteiger partial charge in [0.1, 0.15) is 0 Å². The number of nitrogens with zero attached hydrogens (tertiary/aromatic N) is 1. The number of carbonyl (C=O) groups is 2. The quantitative estimate of drug-likeness (QED) is 0.701. The normalized spacial score (nSPS) is 15.5. The lowest BCUT2D eigenvalue weighted by molar-refractivity contribution is -0.117. The Kier molecular flexibility index (Phi) is 7.39. The van der Waals surface area contributed by atoms with Crippen molar-refractivity contribution in [2.75, 3.05) is 25.0 Å². The maximum atomic E-state index is 12.6. The number of benzene rings is 2. The van der Waals surface area contributed by atoms with Crippen LogP contribution in [-0.2, 0) is 10.2 Å². The number of halogens is 1. The van der Waals surface area contributed by atoms with Crippen molar-refractivity contribution in [2.24, 2.45) is 0 Å². The molecule has 0 radical (unpaired) electrons. The van der Waals surface area contributed by atoms with Gasteiger partial charge in [-0.25, -0.2) is 0 Å². The zero-order chi connectivity index (χ0) is 22.6. The Labute approximate surface area is 190 Å².